The monoisotopic (exact) mass is 432 g/mol. The quantitative estimate of drug-likeness (QED) is 0.506. The molecule has 0 aromatic heterocycles. The van der Waals surface area contributed by atoms with Crippen LogP contribution in [-0.4, -0.2) is 24.3 Å². The summed E-state index contributed by atoms with van der Waals surface area (Å²) in [5.74, 6) is 4.98. The van der Waals surface area contributed by atoms with Crippen molar-refractivity contribution in [3.8, 4) is 0 Å². The maximum absolute atomic E-state index is 11.8. The van der Waals surface area contributed by atoms with Gasteiger partial charge in [-0.2, -0.15) is 0 Å². The van der Waals surface area contributed by atoms with E-state index in [0.717, 1.165) is 18.8 Å². The molecule has 0 amide bonds. The van der Waals surface area contributed by atoms with Crippen molar-refractivity contribution in [3.63, 3.8) is 0 Å². The van der Waals surface area contributed by atoms with E-state index < -0.39 is 0 Å². The lowest BCUT2D eigenvalue weighted by atomic mass is 9.41. The molecule has 0 heterocycles. The molecule has 4 aliphatic carbocycles. The van der Waals surface area contributed by atoms with Gasteiger partial charge >= 0.3 is 5.97 Å². The van der Waals surface area contributed by atoms with Gasteiger partial charge in [-0.05, 0) is 103 Å². The predicted molar refractivity (Wildman–Crippen MR) is 125 cm³/mol. The van der Waals surface area contributed by atoms with E-state index in [4.69, 9.17) is 4.74 Å². The molecule has 0 bridgehead atoms. The summed E-state index contributed by atoms with van der Waals surface area (Å²) in [4.78, 5) is 11.7. The highest BCUT2D eigenvalue weighted by atomic mass is 16.5. The van der Waals surface area contributed by atoms with Gasteiger partial charge in [0.05, 0.1) is 13.2 Å². The van der Waals surface area contributed by atoms with E-state index >= 15 is 0 Å². The van der Waals surface area contributed by atoms with Crippen LogP contribution in [-0.2, 0) is 9.53 Å². The summed E-state index contributed by atoms with van der Waals surface area (Å²) in [6.07, 6.45) is 11.7. The first-order valence-electron chi connectivity index (χ1n) is 13.4. The normalized spacial score (nSPS) is 50.2. The highest BCUT2D eigenvalue weighted by Gasteiger charge is 2.64. The number of ether oxygens (including phenoxy) is 1. The number of carbonyl (C=O) groups excluding carboxylic acids is 1. The molecule has 11 atom stereocenters. The van der Waals surface area contributed by atoms with Crippen molar-refractivity contribution in [1.82, 2.24) is 0 Å². The van der Waals surface area contributed by atoms with Crippen molar-refractivity contribution >= 4 is 5.97 Å². The molecule has 0 spiro atoms. The molecule has 3 nitrogen and oxygen atoms in total. The average Bonchev–Trinajstić information content (AvgIpc) is 3.10. The van der Waals surface area contributed by atoms with Crippen LogP contribution in [0.15, 0.2) is 0 Å². The number of fused-ring (bicyclic) bond motifs is 5. The minimum Gasteiger partial charge on any atom is -0.469 e. The average molecular weight is 433 g/mol. The van der Waals surface area contributed by atoms with Gasteiger partial charge in [0.2, 0.25) is 0 Å². The maximum atomic E-state index is 11.8. The lowest BCUT2D eigenvalue weighted by molar-refractivity contribution is -0.198. The SMILES string of the molecule is CC[C@H]1[C@@H](O)[C@@H]2[C@H](CC[C@]3(C)[C@@H]([C@H](C)CCC(=O)OC)CC[C@@H]23)[C@@]2(C)CC[C@@H](C)C[C@@H]12. The fourth-order valence-electron chi connectivity index (χ4n) is 9.80. The lowest BCUT2D eigenvalue weighted by Crippen LogP contribution is -2.61. The molecular formula is C28H48O3. The fraction of sp³-hybridized carbons (Fsp3) is 0.964. The highest BCUT2D eigenvalue weighted by molar-refractivity contribution is 5.69. The standard InChI is InChI=1S/C28H48O3/c1-7-19-23-16-17(2)12-14-28(23,5)22-13-15-27(4)20(18(3)8-11-24(29)31-6)9-10-21(27)25(22)26(19)30/h17-23,25-26,30H,7-16H2,1-6H3/t17-,18-,19-,20-,21+,22+,23+,25+,26-,27-,28-/m1/s1. The van der Waals surface area contributed by atoms with Gasteiger partial charge in [-0.3, -0.25) is 4.79 Å². The highest BCUT2D eigenvalue weighted by Crippen LogP contribution is 2.69. The second-order valence-corrected chi connectivity index (χ2v) is 12.7. The zero-order chi connectivity index (χ0) is 22.6. The van der Waals surface area contributed by atoms with Gasteiger partial charge < -0.3 is 9.84 Å². The third kappa shape index (κ3) is 3.69. The molecule has 4 aliphatic rings. The van der Waals surface area contributed by atoms with Gasteiger partial charge in [-0.15, -0.1) is 0 Å². The van der Waals surface area contributed by atoms with Crippen molar-refractivity contribution < 1.29 is 14.6 Å². The summed E-state index contributed by atoms with van der Waals surface area (Å²) < 4.78 is 4.90. The summed E-state index contributed by atoms with van der Waals surface area (Å²) >= 11 is 0. The Hall–Kier alpha value is -0.570. The Balaban J connectivity index is 1.58. The van der Waals surface area contributed by atoms with Crippen LogP contribution >= 0.6 is 0 Å². The van der Waals surface area contributed by atoms with Gasteiger partial charge in [0.15, 0.2) is 0 Å². The topological polar surface area (TPSA) is 46.5 Å². The number of methoxy groups -OCH3 is 1. The van der Waals surface area contributed by atoms with Crippen molar-refractivity contribution in [2.45, 2.75) is 105 Å². The van der Waals surface area contributed by atoms with Crippen molar-refractivity contribution in [2.75, 3.05) is 7.11 Å². The van der Waals surface area contributed by atoms with Crippen LogP contribution in [0.3, 0.4) is 0 Å². The van der Waals surface area contributed by atoms with E-state index in [9.17, 15) is 9.90 Å². The number of hydrogen-bond donors (Lipinski definition) is 1. The van der Waals surface area contributed by atoms with Crippen LogP contribution in [0.25, 0.3) is 0 Å². The number of carbonyl (C=O) groups is 1. The van der Waals surface area contributed by atoms with E-state index in [1.807, 2.05) is 0 Å². The van der Waals surface area contributed by atoms with Crippen molar-refractivity contribution in [3.05, 3.63) is 0 Å². The van der Waals surface area contributed by atoms with Crippen molar-refractivity contribution in [1.29, 1.82) is 0 Å². The van der Waals surface area contributed by atoms with Crippen LogP contribution in [0.5, 0.6) is 0 Å². The van der Waals surface area contributed by atoms with Gasteiger partial charge in [0.1, 0.15) is 0 Å². The number of aliphatic hydroxyl groups excluding tert-OH is 1. The number of aliphatic hydroxyl groups is 1. The predicted octanol–water partition coefficient (Wildman–Crippen LogP) is 6.48. The smallest absolute Gasteiger partial charge is 0.305 e. The Labute approximate surface area is 191 Å². The molecule has 0 aromatic rings. The van der Waals surface area contributed by atoms with Gasteiger partial charge in [0.25, 0.3) is 0 Å². The minimum absolute atomic E-state index is 0.0748. The van der Waals surface area contributed by atoms with E-state index in [1.165, 1.54) is 52.1 Å². The van der Waals surface area contributed by atoms with Crippen LogP contribution in [0, 0.1) is 58.2 Å². The fourth-order valence-corrected chi connectivity index (χ4v) is 9.80. The Morgan fingerprint density at radius 3 is 2.42 bits per heavy atom. The first kappa shape index (κ1) is 23.6. The number of hydrogen-bond acceptors (Lipinski definition) is 3. The maximum Gasteiger partial charge on any atom is 0.305 e. The second-order valence-electron chi connectivity index (χ2n) is 12.7. The summed E-state index contributed by atoms with van der Waals surface area (Å²) in [6.45, 7) is 12.3. The summed E-state index contributed by atoms with van der Waals surface area (Å²) in [5.41, 5.74) is 0.744. The van der Waals surface area contributed by atoms with E-state index in [2.05, 4.69) is 34.6 Å². The molecule has 178 valence electrons. The summed E-state index contributed by atoms with van der Waals surface area (Å²) in [7, 11) is 1.50. The molecule has 0 saturated heterocycles. The van der Waals surface area contributed by atoms with Gasteiger partial charge in [-0.25, -0.2) is 0 Å². The molecule has 1 N–H and O–H groups in total. The summed E-state index contributed by atoms with van der Waals surface area (Å²) in [6, 6.07) is 0. The first-order chi connectivity index (χ1) is 14.7. The zero-order valence-electron chi connectivity index (χ0n) is 21.0. The molecule has 0 aliphatic heterocycles. The first-order valence-corrected chi connectivity index (χ1v) is 13.4. The third-order valence-electron chi connectivity index (χ3n) is 11.5. The largest absolute Gasteiger partial charge is 0.469 e. The molecule has 0 aromatic carbocycles. The van der Waals surface area contributed by atoms with Crippen LogP contribution in [0.1, 0.15) is 98.8 Å². The molecule has 4 fully saturated rings. The third-order valence-corrected chi connectivity index (χ3v) is 11.5. The molecule has 31 heavy (non-hydrogen) atoms. The van der Waals surface area contributed by atoms with Crippen molar-refractivity contribution in [2.24, 2.45) is 58.2 Å². The molecule has 0 unspecified atom stereocenters. The Bertz CT molecular complexity index is 661. The Morgan fingerprint density at radius 1 is 1.06 bits per heavy atom. The van der Waals surface area contributed by atoms with Gasteiger partial charge in [-0.1, -0.05) is 47.5 Å². The van der Waals surface area contributed by atoms with Crippen LogP contribution in [0.4, 0.5) is 0 Å². The van der Waals surface area contributed by atoms with Crippen LogP contribution < -0.4 is 0 Å². The summed E-state index contributed by atoms with van der Waals surface area (Å²) in [5, 5.41) is 11.8. The minimum atomic E-state index is -0.118. The molecule has 4 rings (SSSR count). The number of rotatable bonds is 5. The van der Waals surface area contributed by atoms with E-state index in [1.54, 1.807) is 0 Å². The van der Waals surface area contributed by atoms with Crippen LogP contribution in [0.2, 0.25) is 0 Å². The zero-order valence-corrected chi connectivity index (χ0v) is 21.0. The van der Waals surface area contributed by atoms with Gasteiger partial charge in [0, 0.05) is 6.42 Å². The molecule has 3 heteroatoms. The lowest BCUT2D eigenvalue weighted by Gasteiger charge is -2.65. The number of esters is 1. The molecule has 4 saturated carbocycles. The molecule has 0 radical (unpaired) electrons. The van der Waals surface area contributed by atoms with E-state index in [0.29, 0.717) is 58.7 Å². The second kappa shape index (κ2) is 8.65. The Morgan fingerprint density at radius 2 is 1.74 bits per heavy atom. The Kier molecular flexibility index (Phi) is 6.58. The van der Waals surface area contributed by atoms with E-state index in [-0.39, 0.29) is 12.1 Å². The molecular weight excluding hydrogens is 384 g/mol.